The minimum absolute atomic E-state index is 0.152. The maximum atomic E-state index is 13.2. The molecule has 4 heteroatoms. The molecule has 0 spiro atoms. The molecule has 0 aliphatic carbocycles. The van der Waals surface area contributed by atoms with Crippen LogP contribution in [0.25, 0.3) is 0 Å². The van der Waals surface area contributed by atoms with Crippen molar-refractivity contribution in [3.05, 3.63) is 70.5 Å². The number of hydrogen-bond donors (Lipinski definition) is 1. The molecule has 2 rings (SSSR count). The van der Waals surface area contributed by atoms with Gasteiger partial charge in [-0.15, -0.1) is 0 Å². The maximum Gasteiger partial charge on any atom is 0.251 e. The number of aryl methyl sites for hydroxylation is 1. The van der Waals surface area contributed by atoms with Crippen molar-refractivity contribution in [3.63, 3.8) is 0 Å². The molecule has 2 aromatic rings. The summed E-state index contributed by atoms with van der Waals surface area (Å²) in [5.74, 6) is -0.389. The second-order valence-corrected chi connectivity index (χ2v) is 4.90. The first-order chi connectivity index (χ1) is 10.1. The SMILES string of the molecule is COCc1ccc(C(=O)NCc2ccc(F)c(C)c2)cc1. The fourth-order valence-corrected chi connectivity index (χ4v) is 2.02. The van der Waals surface area contributed by atoms with Gasteiger partial charge in [-0.25, -0.2) is 4.39 Å². The molecule has 0 radical (unpaired) electrons. The summed E-state index contributed by atoms with van der Waals surface area (Å²) in [6.07, 6.45) is 0. The number of amides is 1. The van der Waals surface area contributed by atoms with Gasteiger partial charge in [0.05, 0.1) is 6.61 Å². The molecule has 1 amide bonds. The van der Waals surface area contributed by atoms with Crippen LogP contribution in [0, 0.1) is 12.7 Å². The predicted octanol–water partition coefficient (Wildman–Crippen LogP) is 3.21. The van der Waals surface area contributed by atoms with E-state index in [0.717, 1.165) is 11.1 Å². The molecule has 0 atom stereocenters. The summed E-state index contributed by atoms with van der Waals surface area (Å²) in [7, 11) is 1.63. The van der Waals surface area contributed by atoms with E-state index in [2.05, 4.69) is 5.32 Å². The standard InChI is InChI=1S/C17H18FNO2/c1-12-9-14(5-8-16(12)18)10-19-17(20)15-6-3-13(4-7-15)11-21-2/h3-9H,10-11H2,1-2H3,(H,19,20). The van der Waals surface area contributed by atoms with Gasteiger partial charge in [-0.1, -0.05) is 24.3 Å². The zero-order valence-electron chi connectivity index (χ0n) is 12.2. The second kappa shape index (κ2) is 6.99. The molecule has 3 nitrogen and oxygen atoms in total. The average Bonchev–Trinajstić information content (AvgIpc) is 2.49. The summed E-state index contributed by atoms with van der Waals surface area (Å²) < 4.78 is 18.2. The Morgan fingerprint density at radius 2 is 1.81 bits per heavy atom. The van der Waals surface area contributed by atoms with Crippen molar-refractivity contribution in [1.29, 1.82) is 0 Å². The van der Waals surface area contributed by atoms with Crippen molar-refractivity contribution in [2.75, 3.05) is 7.11 Å². The molecule has 0 fully saturated rings. The predicted molar refractivity (Wildman–Crippen MR) is 79.5 cm³/mol. The Morgan fingerprint density at radius 3 is 2.43 bits per heavy atom. The van der Waals surface area contributed by atoms with Crippen LogP contribution < -0.4 is 5.32 Å². The van der Waals surface area contributed by atoms with Gasteiger partial charge >= 0.3 is 0 Å². The number of methoxy groups -OCH3 is 1. The molecule has 0 heterocycles. The number of benzene rings is 2. The third kappa shape index (κ3) is 4.13. The average molecular weight is 287 g/mol. The molecule has 0 unspecified atom stereocenters. The monoisotopic (exact) mass is 287 g/mol. The van der Waals surface area contributed by atoms with Gasteiger partial charge in [0.1, 0.15) is 5.82 Å². The molecular formula is C17H18FNO2. The highest BCUT2D eigenvalue weighted by atomic mass is 19.1. The number of carbonyl (C=O) groups is 1. The molecular weight excluding hydrogens is 269 g/mol. The quantitative estimate of drug-likeness (QED) is 0.917. The minimum Gasteiger partial charge on any atom is -0.380 e. The van der Waals surface area contributed by atoms with E-state index < -0.39 is 0 Å². The minimum atomic E-state index is -0.237. The van der Waals surface area contributed by atoms with Gasteiger partial charge in [0.25, 0.3) is 5.91 Å². The largest absolute Gasteiger partial charge is 0.380 e. The molecule has 0 aliphatic heterocycles. The Kier molecular flexibility index (Phi) is 5.06. The topological polar surface area (TPSA) is 38.3 Å². The van der Waals surface area contributed by atoms with E-state index >= 15 is 0 Å². The Bertz CT molecular complexity index is 623. The molecule has 2 aromatic carbocycles. The number of rotatable bonds is 5. The van der Waals surface area contributed by atoms with Crippen molar-refractivity contribution < 1.29 is 13.9 Å². The van der Waals surface area contributed by atoms with Gasteiger partial charge in [0.2, 0.25) is 0 Å². The first kappa shape index (κ1) is 15.2. The van der Waals surface area contributed by atoms with Crippen LogP contribution in [0.2, 0.25) is 0 Å². The lowest BCUT2D eigenvalue weighted by Gasteiger charge is -2.07. The molecule has 0 aromatic heterocycles. The van der Waals surface area contributed by atoms with E-state index in [1.807, 2.05) is 12.1 Å². The molecule has 1 N–H and O–H groups in total. The van der Waals surface area contributed by atoms with Crippen molar-refractivity contribution in [1.82, 2.24) is 5.32 Å². The van der Waals surface area contributed by atoms with E-state index in [4.69, 9.17) is 4.74 Å². The fraction of sp³-hybridized carbons (Fsp3) is 0.235. The molecule has 0 saturated heterocycles. The number of ether oxygens (including phenoxy) is 1. The Hall–Kier alpha value is -2.20. The van der Waals surface area contributed by atoms with Gasteiger partial charge in [-0.2, -0.15) is 0 Å². The third-order valence-corrected chi connectivity index (χ3v) is 3.20. The summed E-state index contributed by atoms with van der Waals surface area (Å²) in [6.45, 7) is 2.60. The highest BCUT2D eigenvalue weighted by Gasteiger charge is 2.06. The van der Waals surface area contributed by atoms with Crippen molar-refractivity contribution in [2.24, 2.45) is 0 Å². The maximum absolute atomic E-state index is 13.2. The van der Waals surface area contributed by atoms with Crippen LogP contribution in [0.5, 0.6) is 0 Å². The Balaban J connectivity index is 1.96. The lowest BCUT2D eigenvalue weighted by atomic mass is 10.1. The van der Waals surface area contributed by atoms with Crippen LogP contribution in [0.15, 0.2) is 42.5 Å². The molecule has 110 valence electrons. The number of halogens is 1. The van der Waals surface area contributed by atoms with E-state index in [-0.39, 0.29) is 11.7 Å². The van der Waals surface area contributed by atoms with Gasteiger partial charge < -0.3 is 10.1 Å². The van der Waals surface area contributed by atoms with Crippen molar-refractivity contribution >= 4 is 5.91 Å². The lowest BCUT2D eigenvalue weighted by molar-refractivity contribution is 0.0951. The van der Waals surface area contributed by atoms with E-state index in [1.54, 1.807) is 38.3 Å². The summed E-state index contributed by atoms with van der Waals surface area (Å²) >= 11 is 0. The van der Waals surface area contributed by atoms with Crippen LogP contribution in [0.3, 0.4) is 0 Å². The van der Waals surface area contributed by atoms with E-state index in [9.17, 15) is 9.18 Å². The first-order valence-corrected chi connectivity index (χ1v) is 6.71. The summed E-state index contributed by atoms with van der Waals surface area (Å²) in [5, 5.41) is 2.82. The molecule has 0 aliphatic rings. The fourth-order valence-electron chi connectivity index (χ4n) is 2.02. The van der Waals surface area contributed by atoms with E-state index in [0.29, 0.717) is 24.3 Å². The van der Waals surface area contributed by atoms with Crippen LogP contribution in [-0.4, -0.2) is 13.0 Å². The van der Waals surface area contributed by atoms with E-state index in [1.165, 1.54) is 6.07 Å². The van der Waals surface area contributed by atoms with Gasteiger partial charge in [0.15, 0.2) is 0 Å². The lowest BCUT2D eigenvalue weighted by Crippen LogP contribution is -2.22. The normalized spacial score (nSPS) is 10.4. The number of carbonyl (C=O) groups excluding carboxylic acids is 1. The van der Waals surface area contributed by atoms with Gasteiger partial charge in [-0.3, -0.25) is 4.79 Å². The smallest absolute Gasteiger partial charge is 0.251 e. The first-order valence-electron chi connectivity index (χ1n) is 6.71. The van der Waals surface area contributed by atoms with Crippen LogP contribution in [0.4, 0.5) is 4.39 Å². The second-order valence-electron chi connectivity index (χ2n) is 4.90. The molecule has 21 heavy (non-hydrogen) atoms. The number of nitrogens with one attached hydrogen (secondary N) is 1. The third-order valence-electron chi connectivity index (χ3n) is 3.20. The Morgan fingerprint density at radius 1 is 1.14 bits per heavy atom. The zero-order chi connectivity index (χ0) is 15.2. The van der Waals surface area contributed by atoms with Crippen molar-refractivity contribution in [2.45, 2.75) is 20.1 Å². The van der Waals surface area contributed by atoms with Crippen LogP contribution in [-0.2, 0) is 17.9 Å². The van der Waals surface area contributed by atoms with Gasteiger partial charge in [-0.05, 0) is 41.8 Å². The number of hydrogen-bond acceptors (Lipinski definition) is 2. The van der Waals surface area contributed by atoms with Crippen LogP contribution >= 0.6 is 0 Å². The highest BCUT2D eigenvalue weighted by Crippen LogP contribution is 2.10. The Labute approximate surface area is 123 Å². The summed E-state index contributed by atoms with van der Waals surface area (Å²) in [6, 6.07) is 12.1. The summed E-state index contributed by atoms with van der Waals surface area (Å²) in [4.78, 5) is 12.0. The molecule has 0 saturated carbocycles. The summed E-state index contributed by atoms with van der Waals surface area (Å²) in [5.41, 5.74) is 3.06. The zero-order valence-corrected chi connectivity index (χ0v) is 12.2. The van der Waals surface area contributed by atoms with Gasteiger partial charge in [0, 0.05) is 19.2 Å². The molecule has 0 bridgehead atoms. The highest BCUT2D eigenvalue weighted by molar-refractivity contribution is 5.94. The van der Waals surface area contributed by atoms with Crippen LogP contribution in [0.1, 0.15) is 27.0 Å². The van der Waals surface area contributed by atoms with Crippen molar-refractivity contribution in [3.8, 4) is 0 Å².